The van der Waals surface area contributed by atoms with Gasteiger partial charge in [-0.15, -0.1) is 0 Å². The van der Waals surface area contributed by atoms with Crippen molar-refractivity contribution in [3.05, 3.63) is 29.0 Å². The van der Waals surface area contributed by atoms with Gasteiger partial charge in [-0.1, -0.05) is 11.6 Å². The Morgan fingerprint density at radius 2 is 2.04 bits per heavy atom. The normalized spacial score (nSPS) is 16.8. The van der Waals surface area contributed by atoms with Crippen molar-refractivity contribution in [2.45, 2.75) is 31.3 Å². The van der Waals surface area contributed by atoms with Crippen LogP contribution in [0, 0.1) is 0 Å². The van der Waals surface area contributed by atoms with Gasteiger partial charge in [0.15, 0.2) is 0 Å². The second kappa shape index (κ2) is 7.24. The van der Waals surface area contributed by atoms with E-state index in [2.05, 4.69) is 15.3 Å². The van der Waals surface area contributed by atoms with Crippen LogP contribution in [0.25, 0.3) is 11.0 Å². The number of aromatic amines is 1. The number of H-pyrrole nitrogens is 1. The second-order valence-electron chi connectivity index (χ2n) is 5.19. The number of halogens is 1. The fourth-order valence-electron chi connectivity index (χ4n) is 2.22. The maximum atomic E-state index is 11.4. The number of aliphatic hydroxyl groups excluding tert-OH is 4. The van der Waals surface area contributed by atoms with Crippen molar-refractivity contribution in [1.29, 1.82) is 0 Å². The second-order valence-corrected chi connectivity index (χ2v) is 5.63. The van der Waals surface area contributed by atoms with Gasteiger partial charge in [-0.3, -0.25) is 4.79 Å². The van der Waals surface area contributed by atoms with Crippen LogP contribution in [0.3, 0.4) is 0 Å². The van der Waals surface area contributed by atoms with Gasteiger partial charge in [0.2, 0.25) is 5.91 Å². The zero-order chi connectivity index (χ0) is 17.1. The van der Waals surface area contributed by atoms with Crippen LogP contribution in [0.1, 0.15) is 18.8 Å². The highest BCUT2D eigenvalue weighted by Gasteiger charge is 2.34. The Kier molecular flexibility index (Phi) is 5.55. The molecule has 23 heavy (non-hydrogen) atoms. The van der Waals surface area contributed by atoms with E-state index < -0.39 is 36.9 Å². The fourth-order valence-corrected chi connectivity index (χ4v) is 2.39. The van der Waals surface area contributed by atoms with Crippen molar-refractivity contribution >= 4 is 28.5 Å². The molecule has 8 nitrogen and oxygen atoms in total. The number of fused-ring (bicyclic) bond motifs is 1. The van der Waals surface area contributed by atoms with Crippen molar-refractivity contribution in [2.24, 2.45) is 0 Å². The zero-order valence-corrected chi connectivity index (χ0v) is 13.0. The number of benzene rings is 1. The quantitative estimate of drug-likeness (QED) is 0.417. The first-order chi connectivity index (χ1) is 10.8. The van der Waals surface area contributed by atoms with Gasteiger partial charge in [-0.05, 0) is 18.2 Å². The van der Waals surface area contributed by atoms with E-state index in [-0.39, 0.29) is 5.82 Å². The van der Waals surface area contributed by atoms with Crippen LogP contribution in [-0.4, -0.2) is 61.2 Å². The molecule has 4 atom stereocenters. The molecule has 1 aromatic heterocycles. The number of aromatic nitrogens is 2. The number of nitrogens with one attached hydrogen (secondary N) is 2. The smallest absolute Gasteiger partial charge is 0.217 e. The van der Waals surface area contributed by atoms with Gasteiger partial charge in [0.25, 0.3) is 0 Å². The number of hydrogen-bond donors (Lipinski definition) is 6. The SMILES string of the molecule is CC(=O)N[C@H](c1nc2ccc(Cl)cc2[nH]1)C(O)[C@H](O)C(O)CO. The monoisotopic (exact) mass is 343 g/mol. The summed E-state index contributed by atoms with van der Waals surface area (Å²) in [5.41, 5.74) is 1.15. The molecule has 6 N–H and O–H groups in total. The Balaban J connectivity index is 2.37. The molecule has 0 radical (unpaired) electrons. The summed E-state index contributed by atoms with van der Waals surface area (Å²) in [5.74, 6) is -0.271. The van der Waals surface area contributed by atoms with Crippen LogP contribution in [0.15, 0.2) is 18.2 Å². The van der Waals surface area contributed by atoms with Crippen molar-refractivity contribution in [2.75, 3.05) is 6.61 Å². The summed E-state index contributed by atoms with van der Waals surface area (Å²) in [6.45, 7) is 0.509. The minimum atomic E-state index is -1.67. The van der Waals surface area contributed by atoms with E-state index in [1.807, 2.05) is 0 Å². The molecule has 2 unspecified atom stereocenters. The van der Waals surface area contributed by atoms with E-state index in [1.165, 1.54) is 6.92 Å². The average molecular weight is 344 g/mol. The van der Waals surface area contributed by atoms with Gasteiger partial charge in [0.05, 0.1) is 17.6 Å². The molecule has 2 rings (SSSR count). The largest absolute Gasteiger partial charge is 0.394 e. The van der Waals surface area contributed by atoms with Gasteiger partial charge < -0.3 is 30.7 Å². The van der Waals surface area contributed by atoms with Crippen LogP contribution in [0.4, 0.5) is 0 Å². The third-order valence-corrected chi connectivity index (χ3v) is 3.62. The van der Waals surface area contributed by atoms with E-state index in [1.54, 1.807) is 18.2 Å². The first-order valence-corrected chi connectivity index (χ1v) is 7.28. The standard InChI is InChI=1S/C14H18ClN3O5/c1-6(20)16-11(13(23)12(22)10(21)5-19)14-17-8-3-2-7(15)4-9(8)18-14/h2-4,10-13,19,21-23H,5H2,1H3,(H,16,20)(H,17,18)/t10?,11-,12+,13?/m0/s1. The number of amides is 1. The first kappa shape index (κ1) is 17.6. The lowest BCUT2D eigenvalue weighted by Crippen LogP contribution is -2.47. The van der Waals surface area contributed by atoms with Gasteiger partial charge in [0.1, 0.15) is 30.2 Å². The molecule has 1 amide bonds. The van der Waals surface area contributed by atoms with Crippen LogP contribution in [0.2, 0.25) is 5.02 Å². The number of hydrogen-bond acceptors (Lipinski definition) is 6. The van der Waals surface area contributed by atoms with E-state index in [9.17, 15) is 20.1 Å². The molecule has 9 heteroatoms. The van der Waals surface area contributed by atoms with Crippen molar-refractivity contribution in [3.8, 4) is 0 Å². The minimum Gasteiger partial charge on any atom is -0.394 e. The molecule has 0 bridgehead atoms. The Bertz CT molecular complexity index is 692. The molecule has 0 saturated carbocycles. The van der Waals surface area contributed by atoms with Gasteiger partial charge in [-0.25, -0.2) is 4.98 Å². The summed E-state index contributed by atoms with van der Waals surface area (Å²) >= 11 is 5.90. The summed E-state index contributed by atoms with van der Waals surface area (Å²) in [6, 6.07) is 3.83. The highest BCUT2D eigenvalue weighted by atomic mass is 35.5. The molecule has 0 aliphatic carbocycles. The Hall–Kier alpha value is -1.71. The molecule has 0 aliphatic rings. The van der Waals surface area contributed by atoms with E-state index in [0.29, 0.717) is 16.1 Å². The number of aliphatic hydroxyl groups is 4. The average Bonchev–Trinajstić information content (AvgIpc) is 2.92. The van der Waals surface area contributed by atoms with Crippen LogP contribution >= 0.6 is 11.6 Å². The van der Waals surface area contributed by atoms with Gasteiger partial charge in [-0.2, -0.15) is 0 Å². The van der Waals surface area contributed by atoms with Crippen molar-refractivity contribution in [3.63, 3.8) is 0 Å². The number of nitrogens with zero attached hydrogens (tertiary/aromatic N) is 1. The summed E-state index contributed by atoms with van der Waals surface area (Å²) in [7, 11) is 0. The molecule has 1 heterocycles. The Labute approximate surface area is 136 Å². The topological polar surface area (TPSA) is 139 Å². The Morgan fingerprint density at radius 1 is 1.35 bits per heavy atom. The van der Waals surface area contributed by atoms with E-state index in [4.69, 9.17) is 16.7 Å². The predicted molar refractivity (Wildman–Crippen MR) is 82.8 cm³/mol. The molecule has 126 valence electrons. The summed E-state index contributed by atoms with van der Waals surface area (Å²) < 4.78 is 0. The maximum absolute atomic E-state index is 11.4. The lowest BCUT2D eigenvalue weighted by molar-refractivity contribution is -0.123. The highest BCUT2D eigenvalue weighted by Crippen LogP contribution is 2.23. The fraction of sp³-hybridized carbons (Fsp3) is 0.429. The lowest BCUT2D eigenvalue weighted by Gasteiger charge is -2.28. The molecule has 2 aromatic rings. The molecule has 1 aromatic carbocycles. The molecule has 0 spiro atoms. The van der Waals surface area contributed by atoms with Crippen LogP contribution in [0.5, 0.6) is 0 Å². The van der Waals surface area contributed by atoms with Crippen LogP contribution < -0.4 is 5.32 Å². The molecule has 0 aliphatic heterocycles. The molecular weight excluding hydrogens is 326 g/mol. The third-order valence-electron chi connectivity index (χ3n) is 3.39. The summed E-state index contributed by atoms with van der Waals surface area (Å²) in [5, 5.41) is 41.4. The van der Waals surface area contributed by atoms with Crippen molar-refractivity contribution < 1.29 is 25.2 Å². The van der Waals surface area contributed by atoms with Crippen LogP contribution in [-0.2, 0) is 4.79 Å². The number of rotatable bonds is 6. The van der Waals surface area contributed by atoms with E-state index in [0.717, 1.165) is 0 Å². The summed E-state index contributed by atoms with van der Waals surface area (Å²) in [6.07, 6.45) is -4.81. The number of carbonyl (C=O) groups excluding carboxylic acids is 1. The number of carbonyl (C=O) groups is 1. The summed E-state index contributed by atoms with van der Waals surface area (Å²) in [4.78, 5) is 18.5. The zero-order valence-electron chi connectivity index (χ0n) is 12.3. The van der Waals surface area contributed by atoms with Gasteiger partial charge >= 0.3 is 0 Å². The molecular formula is C14H18ClN3O5. The predicted octanol–water partition coefficient (Wildman–Crippen LogP) is -0.532. The molecule has 0 saturated heterocycles. The van der Waals surface area contributed by atoms with Gasteiger partial charge in [0, 0.05) is 11.9 Å². The van der Waals surface area contributed by atoms with E-state index >= 15 is 0 Å². The molecule has 0 fully saturated rings. The third kappa shape index (κ3) is 3.98. The highest BCUT2D eigenvalue weighted by molar-refractivity contribution is 6.31. The van der Waals surface area contributed by atoms with Crippen molar-refractivity contribution in [1.82, 2.24) is 15.3 Å². The Morgan fingerprint density at radius 3 is 2.65 bits per heavy atom. The first-order valence-electron chi connectivity index (χ1n) is 6.90. The minimum absolute atomic E-state index is 0.189. The maximum Gasteiger partial charge on any atom is 0.217 e. The lowest BCUT2D eigenvalue weighted by atomic mass is 10.0. The number of imidazole rings is 1.